The van der Waals surface area contributed by atoms with Crippen molar-refractivity contribution in [2.75, 3.05) is 6.61 Å². The minimum atomic E-state index is -0.887. The van der Waals surface area contributed by atoms with Gasteiger partial charge >= 0.3 is 0 Å². The number of nitrogens with zero attached hydrogens (tertiary/aromatic N) is 1. The molecular formula is C6H8BrNO2S. The Kier molecular flexibility index (Phi) is 3.45. The first kappa shape index (κ1) is 9.12. The number of aliphatic hydroxyl groups is 1. The van der Waals surface area contributed by atoms with E-state index in [0.29, 0.717) is 12.3 Å². The number of thiazole rings is 1. The van der Waals surface area contributed by atoms with Crippen molar-refractivity contribution in [3.05, 3.63) is 15.0 Å². The zero-order valence-corrected chi connectivity index (χ0v) is 8.35. The molecule has 1 heterocycles. The second kappa shape index (κ2) is 4.15. The molecule has 0 saturated carbocycles. The molecule has 3 nitrogen and oxygen atoms in total. The quantitative estimate of drug-likeness (QED) is 0.818. The van der Waals surface area contributed by atoms with E-state index >= 15 is 0 Å². The molecular weight excluding hydrogens is 230 g/mol. The monoisotopic (exact) mass is 237 g/mol. The Labute approximate surface area is 77.2 Å². The van der Waals surface area contributed by atoms with E-state index in [1.54, 1.807) is 5.38 Å². The van der Waals surface area contributed by atoms with Gasteiger partial charge in [0.2, 0.25) is 0 Å². The van der Waals surface area contributed by atoms with Crippen molar-refractivity contribution in [3.63, 3.8) is 0 Å². The largest absolute Gasteiger partial charge is 0.363 e. The Morgan fingerprint density at radius 1 is 1.91 bits per heavy atom. The number of ether oxygens (including phenoxy) is 1. The van der Waals surface area contributed by atoms with Crippen LogP contribution in [-0.2, 0) is 4.74 Å². The number of aromatic nitrogens is 1. The highest BCUT2D eigenvalue weighted by atomic mass is 79.9. The Balaban J connectivity index is 2.60. The van der Waals surface area contributed by atoms with E-state index in [-0.39, 0.29) is 0 Å². The maximum atomic E-state index is 9.23. The van der Waals surface area contributed by atoms with E-state index in [9.17, 15) is 5.11 Å². The van der Waals surface area contributed by atoms with E-state index in [0.717, 1.165) is 3.92 Å². The summed E-state index contributed by atoms with van der Waals surface area (Å²) in [5.41, 5.74) is 0.559. The maximum Gasteiger partial charge on any atom is 0.199 e. The molecule has 1 rings (SSSR count). The first-order chi connectivity index (χ1) is 5.24. The molecule has 0 aliphatic carbocycles. The van der Waals surface area contributed by atoms with Crippen LogP contribution in [0.3, 0.4) is 0 Å². The van der Waals surface area contributed by atoms with Crippen LogP contribution >= 0.6 is 27.3 Å². The Morgan fingerprint density at radius 3 is 3.09 bits per heavy atom. The molecule has 11 heavy (non-hydrogen) atoms. The van der Waals surface area contributed by atoms with Crippen LogP contribution in [-0.4, -0.2) is 16.7 Å². The van der Waals surface area contributed by atoms with Crippen molar-refractivity contribution in [3.8, 4) is 0 Å². The lowest BCUT2D eigenvalue weighted by atomic mass is 10.5. The molecule has 1 aromatic rings. The predicted molar refractivity (Wildman–Crippen MR) is 46.4 cm³/mol. The molecule has 0 radical (unpaired) electrons. The highest BCUT2D eigenvalue weighted by Crippen LogP contribution is 2.21. The second-order valence-electron chi connectivity index (χ2n) is 1.83. The van der Waals surface area contributed by atoms with Gasteiger partial charge in [0.05, 0.1) is 0 Å². The highest BCUT2D eigenvalue weighted by molar-refractivity contribution is 9.11. The fourth-order valence-corrected chi connectivity index (χ4v) is 1.65. The van der Waals surface area contributed by atoms with Crippen molar-refractivity contribution in [1.82, 2.24) is 4.98 Å². The van der Waals surface area contributed by atoms with Gasteiger partial charge in [0.25, 0.3) is 0 Å². The van der Waals surface area contributed by atoms with Crippen LogP contribution in [0.15, 0.2) is 9.30 Å². The van der Waals surface area contributed by atoms with Crippen LogP contribution in [0.25, 0.3) is 0 Å². The van der Waals surface area contributed by atoms with Gasteiger partial charge in [-0.15, -0.1) is 11.3 Å². The van der Waals surface area contributed by atoms with E-state index in [4.69, 9.17) is 4.74 Å². The van der Waals surface area contributed by atoms with E-state index in [2.05, 4.69) is 20.9 Å². The molecule has 0 aliphatic heterocycles. The molecule has 0 bridgehead atoms. The summed E-state index contributed by atoms with van der Waals surface area (Å²) in [5.74, 6) is 0. The topological polar surface area (TPSA) is 42.4 Å². The third-order valence-electron chi connectivity index (χ3n) is 1.07. The number of hydrogen-bond acceptors (Lipinski definition) is 4. The molecule has 0 spiro atoms. The summed E-state index contributed by atoms with van der Waals surface area (Å²) in [5, 5.41) is 11.0. The average Bonchev–Trinajstić information content (AvgIpc) is 2.36. The predicted octanol–water partition coefficient (Wildman–Crippen LogP) is 1.93. The van der Waals surface area contributed by atoms with Crippen molar-refractivity contribution in [2.24, 2.45) is 0 Å². The van der Waals surface area contributed by atoms with Crippen LogP contribution in [0.2, 0.25) is 0 Å². The zero-order chi connectivity index (χ0) is 8.27. The smallest absolute Gasteiger partial charge is 0.199 e. The van der Waals surface area contributed by atoms with Gasteiger partial charge in [-0.25, -0.2) is 4.98 Å². The molecule has 1 aromatic heterocycles. The standard InChI is InChI=1S/C6H8BrNO2S/c1-2-10-5(9)4-3-11-6(7)8-4/h3,5,9H,2H2,1H3. The SMILES string of the molecule is CCOC(O)c1csc(Br)n1. The normalized spacial score (nSPS) is 13.4. The summed E-state index contributed by atoms with van der Waals surface area (Å²) in [6.45, 7) is 2.31. The van der Waals surface area contributed by atoms with Gasteiger partial charge in [0.1, 0.15) is 5.69 Å². The summed E-state index contributed by atoms with van der Waals surface area (Å²) in [7, 11) is 0. The summed E-state index contributed by atoms with van der Waals surface area (Å²) in [4.78, 5) is 3.99. The van der Waals surface area contributed by atoms with Gasteiger partial charge in [-0.2, -0.15) is 0 Å². The molecule has 0 amide bonds. The van der Waals surface area contributed by atoms with Crippen LogP contribution in [0.1, 0.15) is 18.9 Å². The van der Waals surface area contributed by atoms with Crippen molar-refractivity contribution in [1.29, 1.82) is 0 Å². The molecule has 0 aliphatic rings. The van der Waals surface area contributed by atoms with E-state index < -0.39 is 6.29 Å². The van der Waals surface area contributed by atoms with Crippen LogP contribution in [0.4, 0.5) is 0 Å². The van der Waals surface area contributed by atoms with E-state index in [1.165, 1.54) is 11.3 Å². The maximum absolute atomic E-state index is 9.23. The average molecular weight is 238 g/mol. The molecule has 5 heteroatoms. The third-order valence-corrected chi connectivity index (χ3v) is 2.45. The van der Waals surface area contributed by atoms with Crippen LogP contribution < -0.4 is 0 Å². The van der Waals surface area contributed by atoms with Gasteiger partial charge in [-0.05, 0) is 22.9 Å². The summed E-state index contributed by atoms with van der Waals surface area (Å²) < 4.78 is 5.68. The van der Waals surface area contributed by atoms with Crippen LogP contribution in [0, 0.1) is 0 Å². The van der Waals surface area contributed by atoms with Gasteiger partial charge < -0.3 is 9.84 Å². The molecule has 62 valence electrons. The molecule has 0 fully saturated rings. The highest BCUT2D eigenvalue weighted by Gasteiger charge is 2.09. The summed E-state index contributed by atoms with van der Waals surface area (Å²) in [6.07, 6.45) is -0.887. The van der Waals surface area contributed by atoms with E-state index in [1.807, 2.05) is 6.92 Å². The molecule has 1 atom stereocenters. The molecule has 0 aromatic carbocycles. The lowest BCUT2D eigenvalue weighted by Gasteiger charge is -2.05. The first-order valence-electron chi connectivity index (χ1n) is 3.14. The van der Waals surface area contributed by atoms with Crippen molar-refractivity contribution < 1.29 is 9.84 Å². The number of hydrogen-bond donors (Lipinski definition) is 1. The third kappa shape index (κ3) is 2.52. The Morgan fingerprint density at radius 2 is 2.64 bits per heavy atom. The number of aliphatic hydroxyl groups excluding tert-OH is 1. The Hall–Kier alpha value is 0.0300. The van der Waals surface area contributed by atoms with Gasteiger partial charge in [-0.3, -0.25) is 0 Å². The van der Waals surface area contributed by atoms with Crippen molar-refractivity contribution in [2.45, 2.75) is 13.2 Å². The molecule has 0 saturated heterocycles. The lowest BCUT2D eigenvalue weighted by Crippen LogP contribution is -2.02. The van der Waals surface area contributed by atoms with Gasteiger partial charge in [0.15, 0.2) is 10.2 Å². The molecule has 1 unspecified atom stereocenters. The van der Waals surface area contributed by atoms with Gasteiger partial charge in [-0.1, -0.05) is 0 Å². The lowest BCUT2D eigenvalue weighted by molar-refractivity contribution is -0.100. The van der Waals surface area contributed by atoms with Crippen molar-refractivity contribution >= 4 is 27.3 Å². The number of halogens is 1. The summed E-state index contributed by atoms with van der Waals surface area (Å²) >= 11 is 4.62. The first-order valence-corrected chi connectivity index (χ1v) is 4.82. The summed E-state index contributed by atoms with van der Waals surface area (Å²) in [6, 6.07) is 0. The zero-order valence-electron chi connectivity index (χ0n) is 5.95. The fraction of sp³-hybridized carbons (Fsp3) is 0.500. The second-order valence-corrected chi connectivity index (χ2v) is 3.97. The minimum absolute atomic E-state index is 0.482. The minimum Gasteiger partial charge on any atom is -0.363 e. The Bertz CT molecular complexity index is 228. The van der Waals surface area contributed by atoms with Crippen LogP contribution in [0.5, 0.6) is 0 Å². The number of rotatable bonds is 3. The molecule has 1 N–H and O–H groups in total. The van der Waals surface area contributed by atoms with Gasteiger partial charge in [0, 0.05) is 12.0 Å². The fourth-order valence-electron chi connectivity index (χ4n) is 0.620.